The van der Waals surface area contributed by atoms with Gasteiger partial charge in [-0.25, -0.2) is 9.18 Å². The minimum absolute atomic E-state index is 0.0367. The molecule has 1 saturated carbocycles. The van der Waals surface area contributed by atoms with Crippen molar-refractivity contribution in [3.8, 4) is 0 Å². The first-order valence-corrected chi connectivity index (χ1v) is 21.7. The van der Waals surface area contributed by atoms with Crippen molar-refractivity contribution in [1.82, 2.24) is 4.90 Å². The average Bonchev–Trinajstić information content (AvgIpc) is 3.20. The summed E-state index contributed by atoms with van der Waals surface area (Å²) in [5, 5.41) is 22.7. The summed E-state index contributed by atoms with van der Waals surface area (Å²) in [6.45, 7) is 14.7. The molecule has 2 N–H and O–H groups in total. The van der Waals surface area contributed by atoms with Crippen molar-refractivity contribution in [3.63, 3.8) is 0 Å². The molecule has 3 heterocycles. The molecule has 330 valence electrons. The first-order chi connectivity index (χ1) is 27.4. The summed E-state index contributed by atoms with van der Waals surface area (Å²) < 4.78 is 46.3. The van der Waals surface area contributed by atoms with Crippen molar-refractivity contribution in [2.75, 3.05) is 20.8 Å². The van der Waals surface area contributed by atoms with Crippen LogP contribution in [0.1, 0.15) is 126 Å². The van der Waals surface area contributed by atoms with E-state index < -0.39 is 83.9 Å². The van der Waals surface area contributed by atoms with E-state index in [0.29, 0.717) is 44.1 Å². The van der Waals surface area contributed by atoms with Gasteiger partial charge < -0.3 is 38.8 Å². The van der Waals surface area contributed by atoms with Crippen molar-refractivity contribution in [2.45, 2.75) is 187 Å². The van der Waals surface area contributed by atoms with E-state index in [9.17, 15) is 29.4 Å². The quantitative estimate of drug-likeness (QED) is 0.171. The number of alkyl halides is 1. The van der Waals surface area contributed by atoms with Gasteiger partial charge in [0.25, 0.3) is 11.7 Å². The zero-order chi connectivity index (χ0) is 43.1. The predicted molar refractivity (Wildman–Crippen MR) is 216 cm³/mol. The van der Waals surface area contributed by atoms with Gasteiger partial charge in [0.1, 0.15) is 30.2 Å². The first-order valence-electron chi connectivity index (χ1n) is 21.7. The number of allylic oxidation sites excluding steroid dienone is 3. The monoisotopic (exact) mass is 822 g/mol. The van der Waals surface area contributed by atoms with Gasteiger partial charge >= 0.3 is 5.97 Å². The summed E-state index contributed by atoms with van der Waals surface area (Å²) in [5.74, 6) is -7.80. The Balaban J connectivity index is 1.75. The fourth-order valence-electron chi connectivity index (χ4n) is 9.54. The van der Waals surface area contributed by atoms with Gasteiger partial charge in [0.2, 0.25) is 5.79 Å². The summed E-state index contributed by atoms with van der Waals surface area (Å²) >= 11 is 0. The van der Waals surface area contributed by atoms with Crippen LogP contribution in [0.25, 0.3) is 0 Å². The Morgan fingerprint density at radius 3 is 2.29 bits per heavy atom. The number of rotatable bonds is 7. The van der Waals surface area contributed by atoms with Gasteiger partial charge in [-0.15, -0.1) is 0 Å². The van der Waals surface area contributed by atoms with Gasteiger partial charge in [-0.2, -0.15) is 0 Å². The smallest absolute Gasteiger partial charge is 0.329 e. The third-order valence-corrected chi connectivity index (χ3v) is 13.1. The zero-order valence-electron chi connectivity index (χ0n) is 36.6. The van der Waals surface area contributed by atoms with Crippen molar-refractivity contribution in [3.05, 3.63) is 23.3 Å². The maximum Gasteiger partial charge on any atom is 0.329 e. The number of aliphatic hydroxyl groups is 2. The maximum atomic E-state index is 16.2. The number of amides is 1. The lowest BCUT2D eigenvalue weighted by Gasteiger charge is -2.47. The van der Waals surface area contributed by atoms with Gasteiger partial charge in [0.15, 0.2) is 0 Å². The molecule has 0 aromatic carbocycles. The Morgan fingerprint density at radius 1 is 0.983 bits per heavy atom. The van der Waals surface area contributed by atoms with E-state index in [0.717, 1.165) is 12.0 Å². The van der Waals surface area contributed by atoms with E-state index in [4.69, 9.17) is 23.7 Å². The number of ketones is 2. The summed E-state index contributed by atoms with van der Waals surface area (Å²) in [7, 11) is 2.92. The van der Waals surface area contributed by atoms with Crippen LogP contribution in [0, 0.1) is 29.6 Å². The van der Waals surface area contributed by atoms with Crippen LogP contribution in [-0.4, -0.2) is 120 Å². The summed E-state index contributed by atoms with van der Waals surface area (Å²) in [6.07, 6.45) is 2.73. The lowest BCUT2D eigenvalue weighted by atomic mass is 9.81. The zero-order valence-corrected chi connectivity index (χ0v) is 36.6. The number of carbonyl (C=O) groups excluding carboxylic acids is 4. The molecule has 0 radical (unpaired) electrons. The highest BCUT2D eigenvalue weighted by atomic mass is 19.1. The van der Waals surface area contributed by atoms with Gasteiger partial charge in [0.05, 0.1) is 30.5 Å². The van der Waals surface area contributed by atoms with E-state index in [1.54, 1.807) is 26.8 Å². The molecular formula is C45H72FNO11. The lowest BCUT2D eigenvalue weighted by molar-refractivity contribution is -0.302. The molecule has 4 rings (SSSR count). The molecule has 12 nitrogen and oxygen atoms in total. The van der Waals surface area contributed by atoms with Crippen LogP contribution in [0.2, 0.25) is 0 Å². The van der Waals surface area contributed by atoms with Gasteiger partial charge in [0, 0.05) is 39.0 Å². The normalized spacial score (nSPS) is 40.7. The molecule has 3 aliphatic heterocycles. The number of esters is 1. The molecule has 14 unspecified atom stereocenters. The van der Waals surface area contributed by atoms with Crippen molar-refractivity contribution >= 4 is 23.4 Å². The standard InChI is InChI=1S/C45H72FNO11/c1-11-32-21-27(5)39(46)28(6)22-37(54-9)41-38(55-10)23-30(8)45(53,58-41)42(50)43(51)47-19-13-12-14-33(47)44(52)57-40(26(4)15-17-34(32)48)29(7)20-31-16-18-35(49)36(24-31)56-25(2)3/h20-21,25-26,28,30-33,35-41,49,53H,11-19,22-24H2,1-10H3/b27-21+,29-20?. The van der Waals surface area contributed by atoms with Gasteiger partial charge in [-0.1, -0.05) is 39.8 Å². The number of methoxy groups -OCH3 is 2. The SMILES string of the molecule is CCC1/C=C(\C)C(F)C(C)CC(OC)C2OC(O)(C(=O)C(=O)N3CCCCC3C(=O)OC(C(C)=CC3CCC(O)C(OC(C)C)C3)C(C)CCC1=O)C(C)CC2OC. The molecule has 1 aliphatic carbocycles. The van der Waals surface area contributed by atoms with E-state index in [-0.39, 0.29) is 62.1 Å². The second kappa shape index (κ2) is 21.3. The highest BCUT2D eigenvalue weighted by Crippen LogP contribution is 2.39. The second-order valence-electron chi connectivity index (χ2n) is 18.0. The number of cyclic esters (lactones) is 1. The highest BCUT2D eigenvalue weighted by molar-refractivity contribution is 6.39. The number of Topliss-reactive ketones (excluding diaryl/α,β-unsaturated/α-hetero) is 2. The molecule has 3 fully saturated rings. The largest absolute Gasteiger partial charge is 0.456 e. The van der Waals surface area contributed by atoms with E-state index in [1.165, 1.54) is 19.1 Å². The third kappa shape index (κ3) is 11.4. The molecule has 2 saturated heterocycles. The van der Waals surface area contributed by atoms with Crippen molar-refractivity contribution in [1.29, 1.82) is 0 Å². The Kier molecular flexibility index (Phi) is 17.7. The van der Waals surface area contributed by atoms with E-state index in [2.05, 4.69) is 6.08 Å². The predicted octanol–water partition coefficient (Wildman–Crippen LogP) is 6.23. The van der Waals surface area contributed by atoms with Crippen LogP contribution in [-0.2, 0) is 42.9 Å². The average molecular weight is 822 g/mol. The topological polar surface area (TPSA) is 158 Å². The van der Waals surface area contributed by atoms with Gasteiger partial charge in [-0.3, -0.25) is 14.4 Å². The number of aliphatic hydroxyl groups excluding tert-OH is 1. The van der Waals surface area contributed by atoms with E-state index in [1.807, 2.05) is 34.6 Å². The van der Waals surface area contributed by atoms with Crippen LogP contribution in [0.5, 0.6) is 0 Å². The van der Waals surface area contributed by atoms with Crippen molar-refractivity contribution in [2.24, 2.45) is 29.6 Å². The fraction of sp³-hybridized carbons (Fsp3) is 0.822. The maximum absolute atomic E-state index is 16.2. The molecule has 2 bridgehead atoms. The molecule has 13 heteroatoms. The molecule has 4 aliphatic rings. The van der Waals surface area contributed by atoms with Crippen LogP contribution in [0.15, 0.2) is 23.3 Å². The molecule has 0 aromatic heterocycles. The molecule has 1 amide bonds. The summed E-state index contributed by atoms with van der Waals surface area (Å²) in [5.41, 5.74) is 1.20. The number of hydrogen-bond acceptors (Lipinski definition) is 11. The summed E-state index contributed by atoms with van der Waals surface area (Å²) in [6, 6.07) is -1.09. The van der Waals surface area contributed by atoms with Crippen LogP contribution < -0.4 is 0 Å². The number of hydrogen-bond donors (Lipinski definition) is 2. The Labute approximate surface area is 345 Å². The number of fused-ring (bicyclic) bond motifs is 3. The number of ether oxygens (including phenoxy) is 5. The molecule has 14 atom stereocenters. The minimum Gasteiger partial charge on any atom is -0.456 e. The number of piperidine rings is 1. The van der Waals surface area contributed by atoms with E-state index >= 15 is 4.39 Å². The fourth-order valence-corrected chi connectivity index (χ4v) is 9.54. The van der Waals surface area contributed by atoms with Crippen LogP contribution >= 0.6 is 0 Å². The molecular weight excluding hydrogens is 749 g/mol. The number of carbonyl (C=O) groups is 4. The van der Waals surface area contributed by atoms with Crippen LogP contribution in [0.3, 0.4) is 0 Å². The summed E-state index contributed by atoms with van der Waals surface area (Å²) in [4.78, 5) is 57.8. The third-order valence-electron chi connectivity index (χ3n) is 13.1. The number of halogens is 1. The minimum atomic E-state index is -2.57. The second-order valence-corrected chi connectivity index (χ2v) is 18.0. The highest BCUT2D eigenvalue weighted by Gasteiger charge is 2.56. The van der Waals surface area contributed by atoms with Gasteiger partial charge in [-0.05, 0) is 121 Å². The Morgan fingerprint density at radius 2 is 1.66 bits per heavy atom. The van der Waals surface area contributed by atoms with Crippen molar-refractivity contribution < 1.29 is 57.5 Å². The Hall–Kier alpha value is -2.55. The first kappa shape index (κ1) is 48.1. The molecule has 0 aromatic rings. The van der Waals surface area contributed by atoms with Crippen LogP contribution in [0.4, 0.5) is 4.39 Å². The molecule has 58 heavy (non-hydrogen) atoms. The lowest BCUT2D eigenvalue weighted by Crippen LogP contribution is -2.64. The Bertz CT molecular complexity index is 1480. The molecule has 0 spiro atoms. The number of nitrogens with zero attached hydrogens (tertiary/aromatic N) is 1.